The second-order valence-electron chi connectivity index (χ2n) is 2.68. The first-order valence-corrected chi connectivity index (χ1v) is 4.35. The molecule has 0 fully saturated rings. The van der Waals surface area contributed by atoms with E-state index >= 15 is 0 Å². The first-order chi connectivity index (χ1) is 6.76. The Balaban J connectivity index is 2.54. The number of rotatable bonds is 4. The van der Waals surface area contributed by atoms with Gasteiger partial charge < -0.3 is 16.0 Å². The minimum atomic E-state index is -0.0679. The van der Waals surface area contributed by atoms with E-state index in [1.807, 2.05) is 18.2 Å². The van der Waals surface area contributed by atoms with Crippen molar-refractivity contribution in [1.29, 1.82) is 0 Å². The predicted molar refractivity (Wildman–Crippen MR) is 56.3 cm³/mol. The minimum Gasteiger partial charge on any atom is -0.373 e. The molecule has 1 aromatic heterocycles. The van der Waals surface area contributed by atoms with E-state index in [1.54, 1.807) is 14.1 Å². The predicted octanol–water partition coefficient (Wildman–Crippen LogP) is 0.281. The lowest BCUT2D eigenvalue weighted by atomic mass is 10.4. The smallest absolute Gasteiger partial charge is 0.239 e. The highest BCUT2D eigenvalue weighted by Gasteiger charge is 1.98. The Labute approximate surface area is 82.9 Å². The molecule has 0 saturated heterocycles. The summed E-state index contributed by atoms with van der Waals surface area (Å²) in [4.78, 5) is 15.1. The number of nitrogens with zero attached hydrogens (tertiary/aromatic N) is 1. The van der Waals surface area contributed by atoms with Gasteiger partial charge in [0, 0.05) is 14.1 Å². The Morgan fingerprint density at radius 1 is 1.36 bits per heavy atom. The lowest BCUT2D eigenvalue weighted by Gasteiger charge is -2.05. The van der Waals surface area contributed by atoms with Gasteiger partial charge in [-0.25, -0.2) is 4.98 Å². The summed E-state index contributed by atoms with van der Waals surface area (Å²) in [6, 6.07) is 5.53. The van der Waals surface area contributed by atoms with Crippen LogP contribution in [0.15, 0.2) is 18.2 Å². The fourth-order valence-corrected chi connectivity index (χ4v) is 0.932. The van der Waals surface area contributed by atoms with Crippen LogP contribution in [0.2, 0.25) is 0 Å². The molecule has 5 nitrogen and oxygen atoms in total. The standard InChI is InChI=1S/C9H14N4O/c1-10-7-4-3-5-8(13-7)12-6-9(14)11-2/h3-5H,6H2,1-2H3,(H,11,14)(H2,10,12,13). The van der Waals surface area contributed by atoms with Gasteiger partial charge in [0.15, 0.2) is 0 Å². The first-order valence-electron chi connectivity index (χ1n) is 4.35. The zero-order valence-electron chi connectivity index (χ0n) is 8.29. The first kappa shape index (κ1) is 10.3. The van der Waals surface area contributed by atoms with Crippen molar-refractivity contribution in [3.8, 4) is 0 Å². The number of nitrogens with one attached hydrogen (secondary N) is 3. The molecule has 5 heteroatoms. The van der Waals surface area contributed by atoms with Gasteiger partial charge in [0.25, 0.3) is 0 Å². The van der Waals surface area contributed by atoms with Gasteiger partial charge in [-0.3, -0.25) is 4.79 Å². The largest absolute Gasteiger partial charge is 0.373 e. The Kier molecular flexibility index (Phi) is 3.72. The number of hydrogen-bond donors (Lipinski definition) is 3. The fourth-order valence-electron chi connectivity index (χ4n) is 0.932. The molecule has 0 atom stereocenters. The van der Waals surface area contributed by atoms with Gasteiger partial charge in [0.2, 0.25) is 5.91 Å². The Morgan fingerprint density at radius 3 is 2.71 bits per heavy atom. The normalized spacial score (nSPS) is 9.29. The van der Waals surface area contributed by atoms with Gasteiger partial charge in [0.1, 0.15) is 11.6 Å². The van der Waals surface area contributed by atoms with Crippen LogP contribution in [0.3, 0.4) is 0 Å². The van der Waals surface area contributed by atoms with Crippen molar-refractivity contribution in [3.05, 3.63) is 18.2 Å². The number of anilines is 2. The molecule has 0 unspecified atom stereocenters. The SMILES string of the molecule is CNC(=O)CNc1cccc(NC)n1. The zero-order chi connectivity index (χ0) is 10.4. The third-order valence-electron chi connectivity index (χ3n) is 1.71. The molecule has 3 N–H and O–H groups in total. The number of hydrogen-bond acceptors (Lipinski definition) is 4. The van der Waals surface area contributed by atoms with Gasteiger partial charge in [-0.15, -0.1) is 0 Å². The Hall–Kier alpha value is -1.78. The molecule has 0 aliphatic carbocycles. The molecule has 1 rings (SSSR count). The summed E-state index contributed by atoms with van der Waals surface area (Å²) in [6.07, 6.45) is 0. The number of carbonyl (C=O) groups is 1. The van der Waals surface area contributed by atoms with E-state index in [2.05, 4.69) is 20.9 Å². The maximum Gasteiger partial charge on any atom is 0.239 e. The van der Waals surface area contributed by atoms with E-state index < -0.39 is 0 Å². The summed E-state index contributed by atoms with van der Waals surface area (Å²) in [5.74, 6) is 1.38. The lowest BCUT2D eigenvalue weighted by molar-refractivity contribution is -0.118. The van der Waals surface area contributed by atoms with Gasteiger partial charge in [-0.05, 0) is 12.1 Å². The number of likely N-dealkylation sites (N-methyl/N-ethyl adjacent to an activating group) is 1. The molecule has 1 heterocycles. The highest BCUT2D eigenvalue weighted by Crippen LogP contribution is 2.07. The van der Waals surface area contributed by atoms with Gasteiger partial charge in [-0.1, -0.05) is 6.07 Å². The molecule has 76 valence electrons. The van der Waals surface area contributed by atoms with Gasteiger partial charge >= 0.3 is 0 Å². The maximum atomic E-state index is 10.9. The molecule has 0 spiro atoms. The van der Waals surface area contributed by atoms with Gasteiger partial charge in [0.05, 0.1) is 6.54 Å². The molecule has 1 aromatic rings. The summed E-state index contributed by atoms with van der Waals surface area (Å²) in [5.41, 5.74) is 0. The van der Waals surface area contributed by atoms with Crippen molar-refractivity contribution in [2.75, 3.05) is 31.3 Å². The quantitative estimate of drug-likeness (QED) is 0.644. The molecule has 0 aliphatic rings. The Bertz CT molecular complexity index is 313. The molecule has 0 aliphatic heterocycles. The molecule has 0 saturated carbocycles. The van der Waals surface area contributed by atoms with Crippen molar-refractivity contribution in [3.63, 3.8) is 0 Å². The van der Waals surface area contributed by atoms with Crippen LogP contribution in [-0.4, -0.2) is 31.5 Å². The van der Waals surface area contributed by atoms with Crippen molar-refractivity contribution >= 4 is 17.5 Å². The van der Waals surface area contributed by atoms with E-state index in [1.165, 1.54) is 0 Å². The number of aromatic nitrogens is 1. The molecule has 0 radical (unpaired) electrons. The highest BCUT2D eigenvalue weighted by atomic mass is 16.1. The van der Waals surface area contributed by atoms with Crippen LogP contribution < -0.4 is 16.0 Å². The average Bonchev–Trinajstić information content (AvgIpc) is 2.26. The lowest BCUT2D eigenvalue weighted by Crippen LogP contribution is -2.26. The number of pyridine rings is 1. The number of carbonyl (C=O) groups excluding carboxylic acids is 1. The topological polar surface area (TPSA) is 66.1 Å². The fraction of sp³-hybridized carbons (Fsp3) is 0.333. The number of amides is 1. The minimum absolute atomic E-state index is 0.0679. The van der Waals surface area contributed by atoms with Crippen LogP contribution in [-0.2, 0) is 4.79 Å². The van der Waals surface area contributed by atoms with E-state index in [0.29, 0.717) is 5.82 Å². The summed E-state index contributed by atoms with van der Waals surface area (Å²) >= 11 is 0. The highest BCUT2D eigenvalue weighted by molar-refractivity contribution is 5.80. The third kappa shape index (κ3) is 2.93. The van der Waals surface area contributed by atoms with Crippen molar-refractivity contribution in [2.24, 2.45) is 0 Å². The van der Waals surface area contributed by atoms with E-state index in [9.17, 15) is 4.79 Å². The van der Waals surface area contributed by atoms with E-state index in [-0.39, 0.29) is 12.5 Å². The summed E-state index contributed by atoms with van der Waals surface area (Å²) in [6.45, 7) is 0.233. The van der Waals surface area contributed by atoms with Crippen molar-refractivity contribution in [2.45, 2.75) is 0 Å². The van der Waals surface area contributed by atoms with Gasteiger partial charge in [-0.2, -0.15) is 0 Å². The molecular formula is C9H14N4O. The van der Waals surface area contributed by atoms with Crippen LogP contribution in [0.5, 0.6) is 0 Å². The van der Waals surface area contributed by atoms with Crippen LogP contribution >= 0.6 is 0 Å². The van der Waals surface area contributed by atoms with Crippen molar-refractivity contribution in [1.82, 2.24) is 10.3 Å². The van der Waals surface area contributed by atoms with E-state index in [4.69, 9.17) is 0 Å². The third-order valence-corrected chi connectivity index (χ3v) is 1.71. The summed E-state index contributed by atoms with van der Waals surface area (Å²) in [7, 11) is 3.40. The van der Waals surface area contributed by atoms with Crippen LogP contribution in [0.1, 0.15) is 0 Å². The van der Waals surface area contributed by atoms with E-state index in [0.717, 1.165) is 5.82 Å². The zero-order valence-corrected chi connectivity index (χ0v) is 8.29. The Morgan fingerprint density at radius 2 is 2.07 bits per heavy atom. The van der Waals surface area contributed by atoms with Crippen LogP contribution in [0, 0.1) is 0 Å². The second-order valence-corrected chi connectivity index (χ2v) is 2.68. The average molecular weight is 194 g/mol. The van der Waals surface area contributed by atoms with Crippen LogP contribution in [0.25, 0.3) is 0 Å². The second kappa shape index (κ2) is 5.06. The molecule has 1 amide bonds. The monoisotopic (exact) mass is 194 g/mol. The molecule has 14 heavy (non-hydrogen) atoms. The molecule has 0 aromatic carbocycles. The molecule has 0 bridgehead atoms. The molecular weight excluding hydrogens is 180 g/mol. The maximum absolute atomic E-state index is 10.9. The van der Waals surface area contributed by atoms with Crippen LogP contribution in [0.4, 0.5) is 11.6 Å². The summed E-state index contributed by atoms with van der Waals surface area (Å²) < 4.78 is 0. The van der Waals surface area contributed by atoms with Crippen molar-refractivity contribution < 1.29 is 4.79 Å². The summed E-state index contributed by atoms with van der Waals surface area (Å²) in [5, 5.41) is 8.34.